The van der Waals surface area contributed by atoms with Crippen molar-refractivity contribution in [1.29, 1.82) is 0 Å². The molecule has 0 saturated carbocycles. The van der Waals surface area contributed by atoms with Crippen molar-refractivity contribution in [3.63, 3.8) is 0 Å². The van der Waals surface area contributed by atoms with Gasteiger partial charge in [0.15, 0.2) is 0 Å². The molecule has 6 heteroatoms. The molecule has 1 aromatic heterocycles. The Morgan fingerprint density at radius 2 is 2.00 bits per heavy atom. The number of carbonyl (C=O) groups excluding carboxylic acids is 1. The van der Waals surface area contributed by atoms with E-state index in [-0.39, 0.29) is 5.91 Å². The van der Waals surface area contributed by atoms with Crippen LogP contribution in [0.15, 0.2) is 41.0 Å². The van der Waals surface area contributed by atoms with Gasteiger partial charge in [0.1, 0.15) is 5.82 Å². The molecule has 2 rings (SSSR count). The number of aromatic nitrogens is 1. The molecule has 0 aliphatic rings. The Bertz CT molecular complexity index is 587. The molecule has 1 N–H and O–H groups in total. The average molecular weight is 346 g/mol. The monoisotopic (exact) mass is 344 g/mol. The number of amides is 1. The van der Waals surface area contributed by atoms with E-state index in [4.69, 9.17) is 23.2 Å². The smallest absolute Gasteiger partial charge is 0.256 e. The number of halogens is 3. The van der Waals surface area contributed by atoms with Crippen LogP contribution in [-0.2, 0) is 0 Å². The summed E-state index contributed by atoms with van der Waals surface area (Å²) < 4.78 is 0.741. The Morgan fingerprint density at radius 1 is 1.22 bits per heavy atom. The number of hydrogen-bond acceptors (Lipinski definition) is 2. The number of anilines is 1. The van der Waals surface area contributed by atoms with E-state index in [0.717, 1.165) is 4.47 Å². The van der Waals surface area contributed by atoms with Gasteiger partial charge in [-0.3, -0.25) is 4.79 Å². The number of hydrogen-bond donors (Lipinski definition) is 1. The number of benzene rings is 1. The molecule has 3 nitrogen and oxygen atoms in total. The van der Waals surface area contributed by atoms with Gasteiger partial charge in [-0.25, -0.2) is 4.98 Å². The number of nitrogens with one attached hydrogen (secondary N) is 1. The topological polar surface area (TPSA) is 42.0 Å². The second-order valence-electron chi connectivity index (χ2n) is 3.44. The van der Waals surface area contributed by atoms with Gasteiger partial charge in [-0.2, -0.15) is 0 Å². The molecule has 0 spiro atoms. The van der Waals surface area contributed by atoms with Crippen molar-refractivity contribution in [2.75, 3.05) is 5.32 Å². The van der Waals surface area contributed by atoms with E-state index in [9.17, 15) is 4.79 Å². The van der Waals surface area contributed by atoms with E-state index in [1.807, 2.05) is 0 Å². The number of rotatable bonds is 2. The predicted molar refractivity (Wildman–Crippen MR) is 76.4 cm³/mol. The lowest BCUT2D eigenvalue weighted by Gasteiger charge is -2.05. The summed E-state index contributed by atoms with van der Waals surface area (Å²) in [6, 6.07) is 8.24. The van der Waals surface area contributed by atoms with Crippen LogP contribution in [0.5, 0.6) is 0 Å². The lowest BCUT2D eigenvalue weighted by molar-refractivity contribution is 0.102. The highest BCUT2D eigenvalue weighted by atomic mass is 79.9. The second-order valence-corrected chi connectivity index (χ2v) is 5.14. The van der Waals surface area contributed by atoms with Gasteiger partial charge in [0, 0.05) is 16.2 Å². The molecule has 92 valence electrons. The number of pyridine rings is 1. The normalized spacial score (nSPS) is 10.2. The summed E-state index contributed by atoms with van der Waals surface area (Å²) in [7, 11) is 0. The van der Waals surface area contributed by atoms with Gasteiger partial charge in [0.05, 0.1) is 10.0 Å². The lowest BCUT2D eigenvalue weighted by atomic mass is 10.2. The van der Waals surface area contributed by atoms with Crippen molar-refractivity contribution in [2.45, 2.75) is 0 Å². The molecule has 2 aromatic rings. The molecule has 0 bridgehead atoms. The minimum absolute atomic E-state index is 0.278. The molecular formula is C12H7BrCl2N2O. The summed E-state index contributed by atoms with van der Waals surface area (Å²) >= 11 is 14.9. The highest BCUT2D eigenvalue weighted by molar-refractivity contribution is 9.10. The van der Waals surface area contributed by atoms with Crippen molar-refractivity contribution in [2.24, 2.45) is 0 Å². The van der Waals surface area contributed by atoms with E-state index in [0.29, 0.717) is 21.4 Å². The number of carbonyl (C=O) groups is 1. The zero-order chi connectivity index (χ0) is 13.1. The Labute approximate surface area is 122 Å². The maximum Gasteiger partial charge on any atom is 0.256 e. The molecule has 1 amide bonds. The van der Waals surface area contributed by atoms with E-state index >= 15 is 0 Å². The fourth-order valence-electron chi connectivity index (χ4n) is 1.28. The molecule has 0 radical (unpaired) electrons. The highest BCUT2D eigenvalue weighted by Gasteiger charge is 2.08. The Morgan fingerprint density at radius 3 is 2.61 bits per heavy atom. The fourth-order valence-corrected chi connectivity index (χ4v) is 1.81. The van der Waals surface area contributed by atoms with Crippen LogP contribution in [0.3, 0.4) is 0 Å². The fraction of sp³-hybridized carbons (Fsp3) is 0. The summed E-state index contributed by atoms with van der Waals surface area (Å²) in [6.45, 7) is 0. The Kier molecular flexibility index (Phi) is 4.22. The van der Waals surface area contributed by atoms with E-state index in [1.165, 1.54) is 6.20 Å². The Balaban J connectivity index is 2.16. The predicted octanol–water partition coefficient (Wildman–Crippen LogP) is 4.40. The zero-order valence-electron chi connectivity index (χ0n) is 8.95. The maximum atomic E-state index is 11.9. The molecule has 0 fully saturated rings. The molecule has 1 heterocycles. The molecule has 0 saturated heterocycles. The van der Waals surface area contributed by atoms with Gasteiger partial charge < -0.3 is 5.32 Å². The molecule has 0 aliphatic heterocycles. The third-order valence-corrected chi connectivity index (χ3v) is 3.61. The van der Waals surface area contributed by atoms with Crippen molar-refractivity contribution in [3.05, 3.63) is 56.6 Å². The molecule has 0 aliphatic carbocycles. The minimum Gasteiger partial charge on any atom is -0.307 e. The molecular weight excluding hydrogens is 339 g/mol. The van der Waals surface area contributed by atoms with E-state index < -0.39 is 0 Å². The minimum atomic E-state index is -0.278. The summed E-state index contributed by atoms with van der Waals surface area (Å²) in [5, 5.41) is 3.64. The Hall–Kier alpha value is -1.10. The molecule has 1 aromatic carbocycles. The van der Waals surface area contributed by atoms with Crippen molar-refractivity contribution in [3.8, 4) is 0 Å². The van der Waals surface area contributed by atoms with Crippen molar-refractivity contribution < 1.29 is 4.79 Å². The summed E-state index contributed by atoms with van der Waals surface area (Å²) in [6.07, 6.45) is 1.46. The van der Waals surface area contributed by atoms with Gasteiger partial charge in [-0.1, -0.05) is 23.2 Å². The van der Waals surface area contributed by atoms with Crippen LogP contribution in [0.25, 0.3) is 0 Å². The molecule has 0 atom stereocenters. The summed E-state index contributed by atoms with van der Waals surface area (Å²) in [5.74, 6) is 0.155. The van der Waals surface area contributed by atoms with Crippen LogP contribution in [0.4, 0.5) is 5.82 Å². The summed E-state index contributed by atoms with van der Waals surface area (Å²) in [5.41, 5.74) is 0.458. The van der Waals surface area contributed by atoms with Crippen LogP contribution in [0, 0.1) is 0 Å². The average Bonchev–Trinajstić information content (AvgIpc) is 2.35. The first kappa shape index (κ1) is 13.3. The van der Waals surface area contributed by atoms with Gasteiger partial charge in [-0.05, 0) is 46.3 Å². The third kappa shape index (κ3) is 3.22. The lowest BCUT2D eigenvalue weighted by Crippen LogP contribution is -2.12. The summed E-state index contributed by atoms with van der Waals surface area (Å²) in [4.78, 5) is 15.9. The second kappa shape index (κ2) is 5.69. The maximum absolute atomic E-state index is 11.9. The zero-order valence-corrected chi connectivity index (χ0v) is 12.1. The van der Waals surface area contributed by atoms with Crippen LogP contribution < -0.4 is 5.32 Å². The molecule has 18 heavy (non-hydrogen) atoms. The first-order chi connectivity index (χ1) is 8.56. The van der Waals surface area contributed by atoms with E-state index in [2.05, 4.69) is 26.2 Å². The van der Waals surface area contributed by atoms with Crippen molar-refractivity contribution >= 4 is 50.9 Å². The van der Waals surface area contributed by atoms with Gasteiger partial charge >= 0.3 is 0 Å². The van der Waals surface area contributed by atoms with Gasteiger partial charge in [0.25, 0.3) is 5.91 Å². The molecule has 0 unspecified atom stereocenters. The first-order valence-electron chi connectivity index (χ1n) is 4.94. The van der Waals surface area contributed by atoms with Gasteiger partial charge in [-0.15, -0.1) is 0 Å². The van der Waals surface area contributed by atoms with Crippen molar-refractivity contribution in [1.82, 2.24) is 4.98 Å². The van der Waals surface area contributed by atoms with Gasteiger partial charge in [0.2, 0.25) is 0 Å². The van der Waals surface area contributed by atoms with Crippen LogP contribution in [0.2, 0.25) is 10.0 Å². The standard InChI is InChI=1S/C12H7BrCl2N2O/c13-9-3-1-7(5-10(9)15)12(18)17-11-4-2-8(14)6-16-11/h1-6H,(H,16,17,18). The third-order valence-electron chi connectivity index (χ3n) is 2.15. The first-order valence-corrected chi connectivity index (χ1v) is 6.49. The highest BCUT2D eigenvalue weighted by Crippen LogP contribution is 2.23. The van der Waals surface area contributed by atoms with Crippen LogP contribution in [-0.4, -0.2) is 10.9 Å². The SMILES string of the molecule is O=C(Nc1ccc(Cl)cn1)c1ccc(Br)c(Cl)c1. The van der Waals surface area contributed by atoms with E-state index in [1.54, 1.807) is 30.3 Å². The largest absolute Gasteiger partial charge is 0.307 e. The van der Waals surface area contributed by atoms with Crippen LogP contribution in [0.1, 0.15) is 10.4 Å². The van der Waals surface area contributed by atoms with Crippen LogP contribution >= 0.6 is 39.1 Å². The quantitative estimate of drug-likeness (QED) is 0.876. The number of nitrogens with zero attached hydrogens (tertiary/aromatic N) is 1.